The highest BCUT2D eigenvalue weighted by atomic mass is 19.4. The maximum Gasteiger partial charge on any atom is 0.417 e. The van der Waals surface area contributed by atoms with E-state index in [1.165, 1.54) is 11.8 Å². The number of anilines is 2. The quantitative estimate of drug-likeness (QED) is 0.195. The minimum Gasteiger partial charge on any atom is -0.461 e. The van der Waals surface area contributed by atoms with Gasteiger partial charge in [0.05, 0.1) is 35.2 Å². The predicted octanol–water partition coefficient (Wildman–Crippen LogP) is 4.71. The Morgan fingerprint density at radius 3 is 2.75 bits per heavy atom. The lowest BCUT2D eigenvalue weighted by molar-refractivity contribution is -0.140. The first kappa shape index (κ1) is 33.8. The summed E-state index contributed by atoms with van der Waals surface area (Å²) in [5, 5.41) is 0. The maximum absolute atomic E-state index is 15.4. The first-order valence-corrected chi connectivity index (χ1v) is 15.6. The van der Waals surface area contributed by atoms with Crippen LogP contribution in [0.1, 0.15) is 53.3 Å². The number of rotatable bonds is 7. The molecule has 4 atom stereocenters. The van der Waals surface area contributed by atoms with Crippen molar-refractivity contribution in [2.45, 2.75) is 69.2 Å². The third kappa shape index (κ3) is 6.13. The number of piperazine rings is 1. The standard InChI is InChI=1S/C32H35F6N7O3/c1-17-9-22(39)27(35)25(26(17)32(36,37)38)24-10-23-21(15-47-24)28(43-7-8-45(29(46)18(2)33)20(14-43)12-40-3)42-30(41-23)48-16-31-5-4-6-44(31)13-19(34)11-31/h9,19-20,24H,2,4-8,10-16,39H2,1H3/t19-,20+,24?,31+/m1/s1. The van der Waals surface area contributed by atoms with Crippen LogP contribution in [0.5, 0.6) is 6.01 Å². The summed E-state index contributed by atoms with van der Waals surface area (Å²) in [4.78, 5) is 30.2. The van der Waals surface area contributed by atoms with E-state index >= 15 is 4.39 Å². The van der Waals surface area contributed by atoms with Crippen LogP contribution in [0.4, 0.5) is 37.8 Å². The van der Waals surface area contributed by atoms with Crippen LogP contribution in [-0.4, -0.2) is 89.3 Å². The Labute approximate surface area is 273 Å². The van der Waals surface area contributed by atoms with Crippen LogP contribution in [0.2, 0.25) is 0 Å². The molecule has 1 amide bonds. The number of aromatic nitrogens is 2. The smallest absolute Gasteiger partial charge is 0.417 e. The Hall–Kier alpha value is -4.10. The number of benzene rings is 1. The molecule has 4 aliphatic heterocycles. The zero-order chi connectivity index (χ0) is 34.5. The van der Waals surface area contributed by atoms with Crippen molar-refractivity contribution in [1.29, 1.82) is 0 Å². The summed E-state index contributed by atoms with van der Waals surface area (Å²) >= 11 is 0. The number of amides is 1. The van der Waals surface area contributed by atoms with Gasteiger partial charge in [-0.1, -0.05) is 6.58 Å². The molecule has 6 rings (SSSR count). The highest BCUT2D eigenvalue weighted by Crippen LogP contribution is 2.45. The first-order valence-electron chi connectivity index (χ1n) is 15.6. The number of nitrogens with two attached hydrogens (primary N) is 1. The number of nitrogens with zero attached hydrogens (tertiary/aromatic N) is 6. The number of carbonyl (C=O) groups excluding carboxylic acids is 1. The van der Waals surface area contributed by atoms with E-state index in [1.807, 2.05) is 4.90 Å². The minimum atomic E-state index is -4.90. The van der Waals surface area contributed by atoms with Crippen molar-refractivity contribution < 1.29 is 40.6 Å². The fourth-order valence-corrected chi connectivity index (χ4v) is 7.65. The second-order valence-electron chi connectivity index (χ2n) is 12.8. The Kier molecular flexibility index (Phi) is 8.97. The Balaban J connectivity index is 1.38. The van der Waals surface area contributed by atoms with Gasteiger partial charge < -0.3 is 29.9 Å². The topological polar surface area (TPSA) is 101 Å². The van der Waals surface area contributed by atoms with E-state index in [1.54, 1.807) is 4.90 Å². The number of fused-ring (bicyclic) bond motifs is 2. The van der Waals surface area contributed by atoms with Gasteiger partial charge in [-0.2, -0.15) is 23.1 Å². The maximum atomic E-state index is 15.4. The van der Waals surface area contributed by atoms with Crippen molar-refractivity contribution >= 4 is 17.4 Å². The fourth-order valence-electron chi connectivity index (χ4n) is 7.65. The molecule has 1 aromatic heterocycles. The van der Waals surface area contributed by atoms with Crippen LogP contribution in [0.15, 0.2) is 18.5 Å². The molecule has 4 aliphatic rings. The largest absolute Gasteiger partial charge is 0.461 e. The molecule has 0 bridgehead atoms. The van der Waals surface area contributed by atoms with E-state index in [0.29, 0.717) is 24.3 Å². The summed E-state index contributed by atoms with van der Waals surface area (Å²) in [7, 11) is 0. The van der Waals surface area contributed by atoms with Crippen molar-refractivity contribution in [2.24, 2.45) is 0 Å². The van der Waals surface area contributed by atoms with Gasteiger partial charge in [0.25, 0.3) is 5.91 Å². The van der Waals surface area contributed by atoms with Gasteiger partial charge in [0.2, 0.25) is 6.54 Å². The summed E-state index contributed by atoms with van der Waals surface area (Å²) in [6, 6.07) is 0.0995. The lowest BCUT2D eigenvalue weighted by Gasteiger charge is -2.41. The number of halogens is 6. The zero-order valence-electron chi connectivity index (χ0n) is 26.3. The number of hydrogen-bond acceptors (Lipinski definition) is 8. The van der Waals surface area contributed by atoms with Crippen molar-refractivity contribution in [1.82, 2.24) is 19.8 Å². The Bertz CT molecular complexity index is 1670. The van der Waals surface area contributed by atoms with E-state index in [-0.39, 0.29) is 69.5 Å². The van der Waals surface area contributed by atoms with Gasteiger partial charge in [0.1, 0.15) is 24.6 Å². The molecule has 2 N–H and O–H groups in total. The number of ether oxygens (including phenoxy) is 2. The molecule has 16 heteroatoms. The van der Waals surface area contributed by atoms with Crippen molar-refractivity contribution in [2.75, 3.05) is 56.5 Å². The normalized spacial score (nSPS) is 25.8. The lowest BCUT2D eigenvalue weighted by atomic mass is 9.91. The number of alkyl halides is 4. The van der Waals surface area contributed by atoms with Gasteiger partial charge in [-0.25, -0.2) is 19.7 Å². The van der Waals surface area contributed by atoms with Crippen molar-refractivity contribution in [3.8, 4) is 6.01 Å². The Morgan fingerprint density at radius 2 is 2.04 bits per heavy atom. The van der Waals surface area contributed by atoms with Crippen LogP contribution in [0, 0.1) is 19.3 Å². The summed E-state index contributed by atoms with van der Waals surface area (Å²) in [6.45, 7) is 12.6. The van der Waals surface area contributed by atoms with Gasteiger partial charge in [0.15, 0.2) is 11.6 Å². The summed E-state index contributed by atoms with van der Waals surface area (Å²) in [5.74, 6) is -3.01. The molecule has 0 aliphatic carbocycles. The number of hydrogen-bond donors (Lipinski definition) is 1. The average Bonchev–Trinajstić information content (AvgIpc) is 3.55. The zero-order valence-corrected chi connectivity index (χ0v) is 26.3. The lowest BCUT2D eigenvalue weighted by Crippen LogP contribution is -2.57. The molecular formula is C32H35F6N7O3. The SMILES string of the molecule is [C-]#[N+]C[C@H]1CN(c2nc(OC[C@@]34CCCN3C[C@H](F)C4)nc3c2COC(c2c(F)c(N)cc(C)c2C(F)(F)F)C3)CCN1C(=O)C(=C)F. The molecule has 0 radical (unpaired) electrons. The van der Waals surface area contributed by atoms with E-state index in [9.17, 15) is 26.7 Å². The van der Waals surface area contributed by atoms with Crippen LogP contribution < -0.4 is 15.4 Å². The highest BCUT2D eigenvalue weighted by Gasteiger charge is 2.50. The molecule has 1 aromatic carbocycles. The molecule has 0 spiro atoms. The molecule has 10 nitrogen and oxygen atoms in total. The van der Waals surface area contributed by atoms with E-state index in [2.05, 4.69) is 21.4 Å². The molecule has 3 fully saturated rings. The van der Waals surface area contributed by atoms with E-state index < -0.39 is 64.4 Å². The van der Waals surface area contributed by atoms with Crippen molar-refractivity contribution in [3.63, 3.8) is 0 Å². The van der Waals surface area contributed by atoms with Crippen LogP contribution in [-0.2, 0) is 28.7 Å². The molecule has 0 saturated carbocycles. The molecular weight excluding hydrogens is 644 g/mol. The van der Waals surface area contributed by atoms with Gasteiger partial charge in [-0.05, 0) is 37.9 Å². The summed E-state index contributed by atoms with van der Waals surface area (Å²) < 4.78 is 98.4. The van der Waals surface area contributed by atoms with Gasteiger partial charge in [-0.3, -0.25) is 9.69 Å². The molecule has 258 valence electrons. The fraction of sp³-hybridized carbons (Fsp3) is 0.562. The Morgan fingerprint density at radius 1 is 1.27 bits per heavy atom. The van der Waals surface area contributed by atoms with Crippen LogP contribution >= 0.6 is 0 Å². The highest BCUT2D eigenvalue weighted by molar-refractivity contribution is 5.91. The molecule has 1 unspecified atom stereocenters. The summed E-state index contributed by atoms with van der Waals surface area (Å²) in [5.41, 5.74) is 3.29. The van der Waals surface area contributed by atoms with E-state index in [4.69, 9.17) is 21.8 Å². The van der Waals surface area contributed by atoms with Crippen LogP contribution in [0.25, 0.3) is 4.85 Å². The van der Waals surface area contributed by atoms with Gasteiger partial charge >= 0.3 is 12.2 Å². The monoisotopic (exact) mass is 679 g/mol. The van der Waals surface area contributed by atoms with E-state index in [0.717, 1.165) is 19.0 Å². The number of nitrogen functional groups attached to an aromatic ring is 1. The second kappa shape index (κ2) is 12.7. The van der Waals surface area contributed by atoms with Gasteiger partial charge in [-0.15, -0.1) is 0 Å². The first-order chi connectivity index (χ1) is 22.7. The van der Waals surface area contributed by atoms with Crippen LogP contribution in [0.3, 0.4) is 0 Å². The molecule has 5 heterocycles. The third-order valence-corrected chi connectivity index (χ3v) is 9.80. The molecule has 3 saturated heterocycles. The minimum absolute atomic E-state index is 0.0269. The average molecular weight is 680 g/mol. The predicted molar refractivity (Wildman–Crippen MR) is 162 cm³/mol. The second-order valence-corrected chi connectivity index (χ2v) is 12.8. The number of carbonyl (C=O) groups is 1. The number of aryl methyl sites for hydroxylation is 1. The molecule has 48 heavy (non-hydrogen) atoms. The summed E-state index contributed by atoms with van der Waals surface area (Å²) in [6.07, 6.45) is -5.73. The van der Waals surface area contributed by atoms with Crippen molar-refractivity contribution in [3.05, 3.63) is 63.7 Å². The van der Waals surface area contributed by atoms with Gasteiger partial charge in [0, 0.05) is 50.1 Å². The third-order valence-electron chi connectivity index (χ3n) is 9.80. The molecule has 2 aromatic rings.